The fourth-order valence-electron chi connectivity index (χ4n) is 3.35. The van der Waals surface area contributed by atoms with Crippen molar-refractivity contribution in [3.63, 3.8) is 0 Å². The lowest BCUT2D eigenvalue weighted by Gasteiger charge is -2.30. The highest BCUT2D eigenvalue weighted by Gasteiger charge is 2.36. The van der Waals surface area contributed by atoms with Crippen LogP contribution in [0.25, 0.3) is 0 Å². The molecule has 0 radical (unpaired) electrons. The zero-order valence-electron chi connectivity index (χ0n) is 13.3. The molecule has 2 aromatic carbocycles. The first kappa shape index (κ1) is 13.8. The Kier molecular flexibility index (Phi) is 3.27. The van der Waals surface area contributed by atoms with E-state index in [0.29, 0.717) is 0 Å². The molecule has 2 heterocycles. The van der Waals surface area contributed by atoms with Crippen molar-refractivity contribution < 1.29 is 0 Å². The van der Waals surface area contributed by atoms with Crippen molar-refractivity contribution in [3.8, 4) is 0 Å². The third kappa shape index (κ3) is 2.16. The van der Waals surface area contributed by atoms with Crippen molar-refractivity contribution in [3.05, 3.63) is 78.5 Å². The summed E-state index contributed by atoms with van der Waals surface area (Å²) in [6.07, 6.45) is 2.03. The van der Waals surface area contributed by atoms with E-state index in [2.05, 4.69) is 83.2 Å². The van der Waals surface area contributed by atoms with Gasteiger partial charge in [-0.2, -0.15) is 0 Å². The van der Waals surface area contributed by atoms with Crippen molar-refractivity contribution in [1.82, 2.24) is 4.98 Å². The van der Waals surface area contributed by atoms with Crippen molar-refractivity contribution in [2.75, 3.05) is 9.80 Å². The summed E-state index contributed by atoms with van der Waals surface area (Å²) < 4.78 is 0. The number of nitrogens with zero attached hydrogens (tertiary/aromatic N) is 3. The monoisotopic (exact) mass is 301 g/mol. The molecular weight excluding hydrogens is 282 g/mol. The molecule has 0 bridgehead atoms. The Morgan fingerprint density at radius 3 is 2.26 bits per heavy atom. The van der Waals surface area contributed by atoms with Crippen LogP contribution in [-0.2, 0) is 0 Å². The molecule has 1 aliphatic rings. The summed E-state index contributed by atoms with van der Waals surface area (Å²) in [5.74, 6) is 1.01. The predicted molar refractivity (Wildman–Crippen MR) is 95.6 cm³/mol. The Morgan fingerprint density at radius 2 is 1.48 bits per heavy atom. The van der Waals surface area contributed by atoms with Gasteiger partial charge in [0.1, 0.15) is 6.17 Å². The van der Waals surface area contributed by atoms with Crippen LogP contribution in [0.3, 0.4) is 0 Å². The van der Waals surface area contributed by atoms with Gasteiger partial charge in [-0.25, -0.2) is 4.98 Å². The number of aryl methyl sites for hydroxylation is 1. The molecule has 0 N–H and O–H groups in total. The molecule has 1 aromatic heterocycles. The summed E-state index contributed by atoms with van der Waals surface area (Å²) in [4.78, 5) is 9.32. The van der Waals surface area contributed by atoms with E-state index in [1.54, 1.807) is 0 Å². The topological polar surface area (TPSA) is 19.4 Å². The molecule has 4 rings (SSSR count). The number of benzene rings is 2. The summed E-state index contributed by atoms with van der Waals surface area (Å²) >= 11 is 0. The minimum atomic E-state index is 0.170. The van der Waals surface area contributed by atoms with Gasteiger partial charge in [-0.15, -0.1) is 0 Å². The van der Waals surface area contributed by atoms with Crippen molar-refractivity contribution in [2.24, 2.45) is 0 Å². The number of para-hydroxylation sites is 2. The van der Waals surface area contributed by atoms with E-state index < -0.39 is 0 Å². The molecule has 3 nitrogen and oxygen atoms in total. The molecule has 23 heavy (non-hydrogen) atoms. The molecule has 0 saturated carbocycles. The van der Waals surface area contributed by atoms with Crippen LogP contribution in [0.5, 0.6) is 0 Å². The molecule has 1 aliphatic heterocycles. The standard InChI is InChI=1S/C20H19N3/c1-15-9-6-7-12-18(15)23-16(2)22(17-10-4-3-5-11-17)20-19(23)13-8-14-21-20/h3-14,16H,1-2H3/t16-/m1/s1. The van der Waals surface area contributed by atoms with E-state index in [4.69, 9.17) is 0 Å². The molecule has 0 unspecified atom stereocenters. The molecule has 0 aliphatic carbocycles. The maximum absolute atomic E-state index is 4.66. The fourth-order valence-corrected chi connectivity index (χ4v) is 3.35. The fraction of sp³-hybridized carbons (Fsp3) is 0.150. The molecular formula is C20H19N3. The quantitative estimate of drug-likeness (QED) is 0.662. The molecule has 3 heteroatoms. The normalized spacial score (nSPS) is 16.5. The van der Waals surface area contributed by atoms with Gasteiger partial charge in [0.05, 0.1) is 5.69 Å². The number of anilines is 4. The highest BCUT2D eigenvalue weighted by atomic mass is 15.4. The highest BCUT2D eigenvalue weighted by molar-refractivity contribution is 5.86. The van der Waals surface area contributed by atoms with Gasteiger partial charge >= 0.3 is 0 Å². The van der Waals surface area contributed by atoms with Crippen LogP contribution in [0.15, 0.2) is 72.9 Å². The number of rotatable bonds is 2. The van der Waals surface area contributed by atoms with Crippen LogP contribution in [-0.4, -0.2) is 11.1 Å². The summed E-state index contributed by atoms with van der Waals surface area (Å²) in [6.45, 7) is 4.38. The Labute approximate surface area is 136 Å². The van der Waals surface area contributed by atoms with E-state index >= 15 is 0 Å². The third-order valence-electron chi connectivity index (χ3n) is 4.41. The molecule has 0 fully saturated rings. The average molecular weight is 301 g/mol. The zero-order valence-corrected chi connectivity index (χ0v) is 13.3. The Balaban J connectivity index is 1.89. The van der Waals surface area contributed by atoms with Gasteiger partial charge in [0.25, 0.3) is 0 Å². The molecule has 1 atom stereocenters. The zero-order chi connectivity index (χ0) is 15.8. The average Bonchev–Trinajstić information content (AvgIpc) is 2.88. The third-order valence-corrected chi connectivity index (χ3v) is 4.41. The highest BCUT2D eigenvalue weighted by Crippen LogP contribution is 2.46. The predicted octanol–water partition coefficient (Wildman–Crippen LogP) is 5.03. The number of pyridine rings is 1. The van der Waals surface area contributed by atoms with E-state index in [-0.39, 0.29) is 6.17 Å². The van der Waals surface area contributed by atoms with Gasteiger partial charge < -0.3 is 9.80 Å². The van der Waals surface area contributed by atoms with Gasteiger partial charge in [0.2, 0.25) is 0 Å². The second kappa shape index (κ2) is 5.43. The van der Waals surface area contributed by atoms with Gasteiger partial charge in [0, 0.05) is 17.6 Å². The van der Waals surface area contributed by atoms with Crippen molar-refractivity contribution >= 4 is 22.9 Å². The SMILES string of the molecule is Cc1ccccc1N1c2cccnc2N(c2ccccc2)[C@H]1C. The van der Waals surface area contributed by atoms with Crippen LogP contribution in [0.2, 0.25) is 0 Å². The van der Waals surface area contributed by atoms with Crippen LogP contribution in [0.4, 0.5) is 22.9 Å². The van der Waals surface area contributed by atoms with E-state index in [0.717, 1.165) is 17.2 Å². The van der Waals surface area contributed by atoms with Gasteiger partial charge in [0.15, 0.2) is 5.82 Å². The number of aromatic nitrogens is 1. The van der Waals surface area contributed by atoms with E-state index in [1.807, 2.05) is 18.3 Å². The lowest BCUT2D eigenvalue weighted by Crippen LogP contribution is -2.35. The largest absolute Gasteiger partial charge is 0.317 e. The number of fused-ring (bicyclic) bond motifs is 1. The molecule has 114 valence electrons. The number of hydrogen-bond donors (Lipinski definition) is 0. The Morgan fingerprint density at radius 1 is 0.783 bits per heavy atom. The smallest absolute Gasteiger partial charge is 0.158 e. The molecule has 0 amide bonds. The van der Waals surface area contributed by atoms with Gasteiger partial charge in [-0.05, 0) is 49.7 Å². The van der Waals surface area contributed by atoms with Crippen LogP contribution in [0, 0.1) is 6.92 Å². The van der Waals surface area contributed by atoms with E-state index in [1.165, 1.54) is 11.3 Å². The van der Waals surface area contributed by atoms with Crippen molar-refractivity contribution in [1.29, 1.82) is 0 Å². The summed E-state index contributed by atoms with van der Waals surface area (Å²) in [5, 5.41) is 0. The van der Waals surface area contributed by atoms with Gasteiger partial charge in [-0.3, -0.25) is 0 Å². The minimum Gasteiger partial charge on any atom is -0.317 e. The minimum absolute atomic E-state index is 0.170. The maximum atomic E-state index is 4.66. The summed E-state index contributed by atoms with van der Waals surface area (Å²) in [5.41, 5.74) is 4.81. The molecule has 3 aromatic rings. The van der Waals surface area contributed by atoms with Crippen LogP contribution >= 0.6 is 0 Å². The van der Waals surface area contributed by atoms with Crippen LogP contribution < -0.4 is 9.80 Å². The van der Waals surface area contributed by atoms with Crippen molar-refractivity contribution in [2.45, 2.75) is 20.0 Å². The Bertz CT molecular complexity index is 829. The summed E-state index contributed by atoms with van der Waals surface area (Å²) in [7, 11) is 0. The first-order chi connectivity index (χ1) is 11.3. The maximum Gasteiger partial charge on any atom is 0.158 e. The Hall–Kier alpha value is -2.81. The first-order valence-electron chi connectivity index (χ1n) is 7.91. The molecule has 0 saturated heterocycles. The second-order valence-electron chi connectivity index (χ2n) is 5.84. The lowest BCUT2D eigenvalue weighted by molar-refractivity contribution is 0.755. The second-order valence-corrected chi connectivity index (χ2v) is 5.84. The van der Waals surface area contributed by atoms with Gasteiger partial charge in [-0.1, -0.05) is 36.4 Å². The number of hydrogen-bond acceptors (Lipinski definition) is 3. The molecule has 0 spiro atoms. The first-order valence-corrected chi connectivity index (χ1v) is 7.91. The van der Waals surface area contributed by atoms with Crippen LogP contribution in [0.1, 0.15) is 12.5 Å². The van der Waals surface area contributed by atoms with E-state index in [9.17, 15) is 0 Å². The summed E-state index contributed by atoms with van der Waals surface area (Å²) in [6, 6.07) is 23.1. The lowest BCUT2D eigenvalue weighted by atomic mass is 10.1.